The van der Waals surface area contributed by atoms with Crippen molar-refractivity contribution in [2.75, 3.05) is 19.8 Å². The number of nitrogens with one attached hydrogen (secondary N) is 1. The second-order valence-electron chi connectivity index (χ2n) is 3.31. The monoisotopic (exact) mass is 212 g/mol. The summed E-state index contributed by atoms with van der Waals surface area (Å²) in [6, 6.07) is 0.153. The topological polar surface area (TPSA) is 103 Å². The van der Waals surface area contributed by atoms with Gasteiger partial charge in [0.2, 0.25) is 5.89 Å². The maximum absolute atomic E-state index is 10.7. The van der Waals surface area contributed by atoms with Crippen LogP contribution in [0.5, 0.6) is 0 Å². The summed E-state index contributed by atoms with van der Waals surface area (Å²) in [6.45, 7) is 2.13. The molecule has 1 fully saturated rings. The van der Waals surface area contributed by atoms with Crippen molar-refractivity contribution in [3.05, 3.63) is 11.7 Å². The summed E-state index contributed by atoms with van der Waals surface area (Å²) in [6.07, 6.45) is 0.542. The van der Waals surface area contributed by atoms with Gasteiger partial charge in [0, 0.05) is 19.0 Å². The van der Waals surface area contributed by atoms with Crippen LogP contribution in [0, 0.1) is 0 Å². The number of hydrogen-bond donors (Lipinski definition) is 2. The van der Waals surface area contributed by atoms with Gasteiger partial charge in [-0.3, -0.25) is 4.79 Å². The van der Waals surface area contributed by atoms with Crippen LogP contribution in [0.15, 0.2) is 4.52 Å². The number of nitrogens with two attached hydrogens (primary N) is 1. The van der Waals surface area contributed by atoms with E-state index in [-0.39, 0.29) is 11.9 Å². The van der Waals surface area contributed by atoms with E-state index in [1.54, 1.807) is 0 Å². The molecule has 1 amide bonds. The van der Waals surface area contributed by atoms with Gasteiger partial charge in [-0.25, -0.2) is 0 Å². The third-order valence-corrected chi connectivity index (χ3v) is 2.11. The number of nitrogens with zero attached hydrogens (tertiary/aromatic N) is 2. The standard InChI is InChI=1S/C8H12N4O3/c9-7(13)8-11-6(15-12-8)3-5-4-14-2-1-10-5/h5,10H,1-4H2,(H2,9,13). The number of rotatable bonds is 3. The molecule has 2 heterocycles. The average molecular weight is 212 g/mol. The summed E-state index contributed by atoms with van der Waals surface area (Å²) < 4.78 is 10.1. The first-order valence-electron chi connectivity index (χ1n) is 4.69. The summed E-state index contributed by atoms with van der Waals surface area (Å²) in [5, 5.41) is 6.69. The van der Waals surface area contributed by atoms with E-state index in [4.69, 9.17) is 15.0 Å². The Morgan fingerprint density at radius 3 is 3.13 bits per heavy atom. The molecule has 82 valence electrons. The highest BCUT2D eigenvalue weighted by atomic mass is 16.5. The van der Waals surface area contributed by atoms with Crippen LogP contribution in [0.1, 0.15) is 16.5 Å². The largest absolute Gasteiger partial charge is 0.378 e. The summed E-state index contributed by atoms with van der Waals surface area (Å²) >= 11 is 0. The molecule has 1 aromatic rings. The fraction of sp³-hybridized carbons (Fsp3) is 0.625. The second kappa shape index (κ2) is 4.37. The zero-order chi connectivity index (χ0) is 10.7. The Morgan fingerprint density at radius 2 is 2.53 bits per heavy atom. The van der Waals surface area contributed by atoms with Gasteiger partial charge in [-0.2, -0.15) is 4.98 Å². The number of hydrogen-bond acceptors (Lipinski definition) is 6. The molecule has 0 spiro atoms. The maximum Gasteiger partial charge on any atom is 0.290 e. The molecule has 0 saturated carbocycles. The molecule has 1 aromatic heterocycles. The van der Waals surface area contributed by atoms with Gasteiger partial charge in [-0.05, 0) is 0 Å². The van der Waals surface area contributed by atoms with Crippen molar-refractivity contribution in [2.24, 2.45) is 5.73 Å². The first kappa shape index (κ1) is 10.1. The molecule has 1 aliphatic heterocycles. The molecule has 7 nitrogen and oxygen atoms in total. The smallest absolute Gasteiger partial charge is 0.290 e. The van der Waals surface area contributed by atoms with Crippen molar-refractivity contribution in [1.82, 2.24) is 15.5 Å². The Labute approximate surface area is 86.0 Å². The van der Waals surface area contributed by atoms with Crippen molar-refractivity contribution in [3.8, 4) is 0 Å². The lowest BCUT2D eigenvalue weighted by molar-refractivity contribution is 0.0744. The average Bonchev–Trinajstić information content (AvgIpc) is 2.68. The predicted octanol–water partition coefficient (Wildman–Crippen LogP) is -1.30. The lowest BCUT2D eigenvalue weighted by Crippen LogP contribution is -2.42. The number of ether oxygens (including phenoxy) is 1. The van der Waals surface area contributed by atoms with E-state index in [1.165, 1.54) is 0 Å². The van der Waals surface area contributed by atoms with Gasteiger partial charge < -0.3 is 20.3 Å². The number of amides is 1. The highest BCUT2D eigenvalue weighted by Gasteiger charge is 2.18. The van der Waals surface area contributed by atoms with Crippen LogP contribution in [-0.2, 0) is 11.2 Å². The van der Waals surface area contributed by atoms with E-state index in [9.17, 15) is 4.79 Å². The Morgan fingerprint density at radius 1 is 1.67 bits per heavy atom. The molecule has 0 bridgehead atoms. The van der Waals surface area contributed by atoms with Gasteiger partial charge in [-0.1, -0.05) is 5.16 Å². The predicted molar refractivity (Wildman–Crippen MR) is 49.1 cm³/mol. The molecular weight excluding hydrogens is 200 g/mol. The number of primary amides is 1. The third-order valence-electron chi connectivity index (χ3n) is 2.11. The molecule has 0 aromatic carbocycles. The summed E-state index contributed by atoms with van der Waals surface area (Å²) in [4.78, 5) is 14.6. The number of aromatic nitrogens is 2. The van der Waals surface area contributed by atoms with Crippen LogP contribution in [0.3, 0.4) is 0 Å². The quantitative estimate of drug-likeness (QED) is 0.645. The van der Waals surface area contributed by atoms with Crippen LogP contribution >= 0.6 is 0 Å². The molecule has 1 atom stereocenters. The Balaban J connectivity index is 1.94. The highest BCUT2D eigenvalue weighted by Crippen LogP contribution is 2.03. The van der Waals surface area contributed by atoms with Gasteiger partial charge in [0.15, 0.2) is 0 Å². The van der Waals surface area contributed by atoms with Crippen LogP contribution in [0.2, 0.25) is 0 Å². The van der Waals surface area contributed by atoms with Gasteiger partial charge in [-0.15, -0.1) is 0 Å². The van der Waals surface area contributed by atoms with Gasteiger partial charge in [0.25, 0.3) is 11.7 Å². The lowest BCUT2D eigenvalue weighted by atomic mass is 10.2. The van der Waals surface area contributed by atoms with Crippen molar-refractivity contribution in [3.63, 3.8) is 0 Å². The van der Waals surface area contributed by atoms with Crippen molar-refractivity contribution in [2.45, 2.75) is 12.5 Å². The van der Waals surface area contributed by atoms with Crippen LogP contribution in [0.4, 0.5) is 0 Å². The molecule has 15 heavy (non-hydrogen) atoms. The van der Waals surface area contributed by atoms with E-state index in [2.05, 4.69) is 15.5 Å². The minimum absolute atomic E-state index is 0.0817. The third kappa shape index (κ3) is 2.51. The summed E-state index contributed by atoms with van der Waals surface area (Å²) in [5.41, 5.74) is 5.00. The summed E-state index contributed by atoms with van der Waals surface area (Å²) in [7, 11) is 0. The Hall–Kier alpha value is -1.47. The van der Waals surface area contributed by atoms with Crippen LogP contribution in [0.25, 0.3) is 0 Å². The molecule has 7 heteroatoms. The van der Waals surface area contributed by atoms with Crippen molar-refractivity contribution < 1.29 is 14.1 Å². The van der Waals surface area contributed by atoms with Crippen LogP contribution < -0.4 is 11.1 Å². The van der Waals surface area contributed by atoms with E-state index >= 15 is 0 Å². The highest BCUT2D eigenvalue weighted by molar-refractivity contribution is 5.88. The minimum atomic E-state index is -0.683. The molecular formula is C8H12N4O3. The normalized spacial score (nSPS) is 21.5. The number of carbonyl (C=O) groups excluding carboxylic acids is 1. The SMILES string of the molecule is NC(=O)c1noc(CC2COCCN2)n1. The van der Waals surface area contributed by atoms with Gasteiger partial charge in [0.05, 0.1) is 13.2 Å². The van der Waals surface area contributed by atoms with E-state index < -0.39 is 5.91 Å². The Kier molecular flexibility index (Phi) is 2.93. The number of carbonyl (C=O) groups is 1. The number of morpholine rings is 1. The summed E-state index contributed by atoms with van der Waals surface area (Å²) in [5.74, 6) is -0.369. The van der Waals surface area contributed by atoms with E-state index in [0.717, 1.165) is 6.54 Å². The fourth-order valence-electron chi connectivity index (χ4n) is 1.40. The van der Waals surface area contributed by atoms with E-state index in [1.807, 2.05) is 0 Å². The first-order valence-corrected chi connectivity index (χ1v) is 4.69. The molecule has 0 aliphatic carbocycles. The molecule has 1 aliphatic rings. The molecule has 1 saturated heterocycles. The van der Waals surface area contributed by atoms with Crippen molar-refractivity contribution in [1.29, 1.82) is 0 Å². The van der Waals surface area contributed by atoms with Crippen molar-refractivity contribution >= 4 is 5.91 Å². The van der Waals surface area contributed by atoms with Crippen LogP contribution in [-0.4, -0.2) is 41.8 Å². The zero-order valence-corrected chi connectivity index (χ0v) is 8.10. The maximum atomic E-state index is 10.7. The molecule has 2 rings (SSSR count). The second-order valence-corrected chi connectivity index (χ2v) is 3.31. The molecule has 1 unspecified atom stereocenters. The van der Waals surface area contributed by atoms with E-state index in [0.29, 0.717) is 25.5 Å². The zero-order valence-electron chi connectivity index (χ0n) is 8.10. The fourth-order valence-corrected chi connectivity index (χ4v) is 1.40. The lowest BCUT2D eigenvalue weighted by Gasteiger charge is -2.22. The minimum Gasteiger partial charge on any atom is -0.378 e. The van der Waals surface area contributed by atoms with Gasteiger partial charge >= 0.3 is 0 Å². The first-order chi connectivity index (χ1) is 7.25. The molecule has 3 N–H and O–H groups in total. The van der Waals surface area contributed by atoms with Gasteiger partial charge in [0.1, 0.15) is 0 Å². The molecule has 0 radical (unpaired) electrons. The Bertz CT molecular complexity index is 345.